The van der Waals surface area contributed by atoms with E-state index in [9.17, 15) is 4.79 Å². The van der Waals surface area contributed by atoms with Gasteiger partial charge in [0, 0.05) is 22.0 Å². The molecule has 1 N–H and O–H groups in total. The number of aryl methyl sites for hydroxylation is 2. The normalized spacial score (nSPS) is 10.4. The highest BCUT2D eigenvalue weighted by Crippen LogP contribution is 2.31. The molecular weight excluding hydrogens is 374 g/mol. The quantitative estimate of drug-likeness (QED) is 0.619. The van der Waals surface area contributed by atoms with Crippen molar-refractivity contribution >= 4 is 23.4 Å². The Labute approximate surface area is 168 Å². The molecule has 0 aliphatic heterocycles. The van der Waals surface area contributed by atoms with Gasteiger partial charge in [0.05, 0.1) is 19.8 Å². The summed E-state index contributed by atoms with van der Waals surface area (Å²) in [5, 5.41) is 3.58. The Bertz CT molecular complexity index is 970. The van der Waals surface area contributed by atoms with E-state index in [4.69, 9.17) is 9.47 Å². The number of hydrogen-bond acceptors (Lipinski definition) is 6. The number of hydrogen-bond donors (Lipinski definition) is 1. The van der Waals surface area contributed by atoms with Crippen molar-refractivity contribution in [2.45, 2.75) is 23.9 Å². The van der Waals surface area contributed by atoms with Crippen molar-refractivity contribution in [2.24, 2.45) is 0 Å². The van der Waals surface area contributed by atoms with Crippen LogP contribution in [-0.2, 0) is 0 Å². The molecule has 0 atom stereocenters. The fourth-order valence-electron chi connectivity index (χ4n) is 2.72. The van der Waals surface area contributed by atoms with Crippen LogP contribution in [0.3, 0.4) is 0 Å². The molecule has 3 aromatic rings. The van der Waals surface area contributed by atoms with E-state index in [-0.39, 0.29) is 5.91 Å². The number of para-hydroxylation sites is 1. The molecule has 1 heterocycles. The van der Waals surface area contributed by atoms with Crippen molar-refractivity contribution in [1.82, 2.24) is 9.97 Å². The van der Waals surface area contributed by atoms with Crippen molar-refractivity contribution in [2.75, 3.05) is 19.5 Å². The van der Waals surface area contributed by atoms with Crippen molar-refractivity contribution in [3.8, 4) is 11.5 Å². The van der Waals surface area contributed by atoms with Gasteiger partial charge in [-0.2, -0.15) is 0 Å². The monoisotopic (exact) mass is 395 g/mol. The molecule has 0 radical (unpaired) electrons. The summed E-state index contributed by atoms with van der Waals surface area (Å²) in [6, 6.07) is 14.7. The summed E-state index contributed by atoms with van der Waals surface area (Å²) in [5.74, 6) is 0.644. The number of anilines is 1. The predicted molar refractivity (Wildman–Crippen MR) is 110 cm³/mol. The number of rotatable bonds is 6. The van der Waals surface area contributed by atoms with E-state index in [0.29, 0.717) is 27.9 Å². The number of nitrogens with one attached hydrogen (secondary N) is 1. The molecule has 2 aromatic carbocycles. The summed E-state index contributed by atoms with van der Waals surface area (Å²) in [4.78, 5) is 22.5. The highest BCUT2D eigenvalue weighted by atomic mass is 32.2. The van der Waals surface area contributed by atoms with Gasteiger partial charge in [0.25, 0.3) is 5.91 Å². The summed E-state index contributed by atoms with van der Waals surface area (Å²) >= 11 is 1.48. The predicted octanol–water partition coefficient (Wildman–Crippen LogP) is 4.51. The smallest absolute Gasteiger partial charge is 0.259 e. The van der Waals surface area contributed by atoms with Gasteiger partial charge in [-0.15, -0.1) is 0 Å². The summed E-state index contributed by atoms with van der Waals surface area (Å²) in [6.45, 7) is 3.90. The molecule has 7 heteroatoms. The Balaban J connectivity index is 1.73. The van der Waals surface area contributed by atoms with Gasteiger partial charge >= 0.3 is 0 Å². The molecule has 0 saturated carbocycles. The molecule has 3 rings (SSSR count). The number of aromatic nitrogens is 2. The average molecular weight is 395 g/mol. The minimum atomic E-state index is -0.270. The topological polar surface area (TPSA) is 73.3 Å². The standard InChI is InChI=1S/C21H21N3O3S/c1-13-12-14(2)23-21(22-13)28-16-10-8-15(9-11-16)24-20(25)17-6-5-7-18(26-3)19(17)27-4/h5-12H,1-4H3,(H,24,25). The van der Waals surface area contributed by atoms with Crippen LogP contribution in [-0.4, -0.2) is 30.1 Å². The van der Waals surface area contributed by atoms with E-state index < -0.39 is 0 Å². The van der Waals surface area contributed by atoms with Crippen LogP contribution in [0.15, 0.2) is 58.6 Å². The van der Waals surface area contributed by atoms with Gasteiger partial charge in [-0.25, -0.2) is 9.97 Å². The van der Waals surface area contributed by atoms with Crippen molar-refractivity contribution in [3.05, 3.63) is 65.5 Å². The lowest BCUT2D eigenvalue weighted by Gasteiger charge is -2.12. The molecule has 0 aliphatic carbocycles. The summed E-state index contributed by atoms with van der Waals surface area (Å²) in [6.07, 6.45) is 0. The molecule has 144 valence electrons. The van der Waals surface area contributed by atoms with Crippen LogP contribution in [0.5, 0.6) is 11.5 Å². The molecule has 0 aliphatic rings. The SMILES string of the molecule is COc1cccc(C(=O)Nc2ccc(Sc3nc(C)cc(C)n3)cc2)c1OC. The number of ether oxygens (including phenoxy) is 2. The first-order valence-corrected chi connectivity index (χ1v) is 9.44. The van der Waals surface area contributed by atoms with Gasteiger partial charge < -0.3 is 14.8 Å². The highest BCUT2D eigenvalue weighted by Gasteiger charge is 2.16. The molecule has 1 aromatic heterocycles. The van der Waals surface area contributed by atoms with Gasteiger partial charge in [-0.1, -0.05) is 6.07 Å². The molecular formula is C21H21N3O3S. The molecule has 0 bridgehead atoms. The maximum atomic E-state index is 12.6. The second kappa shape index (κ2) is 8.75. The Morgan fingerprint density at radius 1 is 0.964 bits per heavy atom. The van der Waals surface area contributed by atoms with Crippen molar-refractivity contribution < 1.29 is 14.3 Å². The van der Waals surface area contributed by atoms with Crippen molar-refractivity contribution in [3.63, 3.8) is 0 Å². The number of amides is 1. The lowest BCUT2D eigenvalue weighted by Crippen LogP contribution is -2.13. The second-order valence-electron chi connectivity index (χ2n) is 6.05. The minimum Gasteiger partial charge on any atom is -0.493 e. The third kappa shape index (κ3) is 4.61. The van der Waals surface area contributed by atoms with Crippen LogP contribution in [0, 0.1) is 13.8 Å². The minimum absolute atomic E-state index is 0.270. The van der Waals surface area contributed by atoms with Crippen LogP contribution in [0.2, 0.25) is 0 Å². The maximum Gasteiger partial charge on any atom is 0.259 e. The Morgan fingerprint density at radius 2 is 1.64 bits per heavy atom. The van der Waals surface area contributed by atoms with Gasteiger partial charge in [0.2, 0.25) is 0 Å². The first kappa shape index (κ1) is 19.7. The summed E-state index contributed by atoms with van der Waals surface area (Å²) in [5.41, 5.74) is 2.96. The number of carbonyl (C=O) groups is 1. The summed E-state index contributed by atoms with van der Waals surface area (Å²) < 4.78 is 10.6. The highest BCUT2D eigenvalue weighted by molar-refractivity contribution is 7.99. The molecule has 0 saturated heterocycles. The number of nitrogens with zero attached hydrogens (tertiary/aromatic N) is 2. The van der Waals surface area contributed by atoms with E-state index in [0.717, 1.165) is 16.3 Å². The zero-order chi connectivity index (χ0) is 20.1. The van der Waals surface area contributed by atoms with Gasteiger partial charge in [-0.05, 0) is 68.1 Å². The first-order chi connectivity index (χ1) is 13.5. The van der Waals surface area contributed by atoms with E-state index in [2.05, 4.69) is 15.3 Å². The lowest BCUT2D eigenvalue weighted by atomic mass is 10.1. The molecule has 0 fully saturated rings. The van der Waals surface area contributed by atoms with Gasteiger partial charge in [0.15, 0.2) is 16.7 Å². The number of carbonyl (C=O) groups excluding carboxylic acids is 1. The fraction of sp³-hybridized carbons (Fsp3) is 0.190. The van der Waals surface area contributed by atoms with E-state index in [1.54, 1.807) is 18.2 Å². The third-order valence-electron chi connectivity index (χ3n) is 3.93. The van der Waals surface area contributed by atoms with Crippen LogP contribution in [0.1, 0.15) is 21.7 Å². The molecule has 1 amide bonds. The number of methoxy groups -OCH3 is 2. The van der Waals surface area contributed by atoms with Gasteiger partial charge in [0.1, 0.15) is 0 Å². The third-order valence-corrected chi connectivity index (χ3v) is 4.80. The Morgan fingerprint density at radius 3 is 2.25 bits per heavy atom. The zero-order valence-electron chi connectivity index (χ0n) is 16.1. The first-order valence-electron chi connectivity index (χ1n) is 8.62. The van der Waals surface area contributed by atoms with E-state index in [1.807, 2.05) is 44.2 Å². The second-order valence-corrected chi connectivity index (χ2v) is 7.10. The maximum absolute atomic E-state index is 12.6. The Hall–Kier alpha value is -3.06. The van der Waals surface area contributed by atoms with Gasteiger partial charge in [-0.3, -0.25) is 4.79 Å². The number of benzene rings is 2. The average Bonchev–Trinajstić information content (AvgIpc) is 2.68. The Kier molecular flexibility index (Phi) is 6.16. The fourth-order valence-corrected chi connectivity index (χ4v) is 3.58. The van der Waals surface area contributed by atoms with Crippen molar-refractivity contribution in [1.29, 1.82) is 0 Å². The molecule has 28 heavy (non-hydrogen) atoms. The van der Waals surface area contributed by atoms with E-state index >= 15 is 0 Å². The largest absolute Gasteiger partial charge is 0.493 e. The molecule has 0 unspecified atom stereocenters. The zero-order valence-corrected chi connectivity index (χ0v) is 17.0. The van der Waals surface area contributed by atoms with Crippen LogP contribution in [0.25, 0.3) is 0 Å². The van der Waals surface area contributed by atoms with E-state index in [1.165, 1.54) is 26.0 Å². The molecule has 6 nitrogen and oxygen atoms in total. The molecule has 0 spiro atoms. The lowest BCUT2D eigenvalue weighted by molar-refractivity contribution is 0.102. The van der Waals surface area contributed by atoms with Crippen LogP contribution in [0.4, 0.5) is 5.69 Å². The van der Waals surface area contributed by atoms with Crippen LogP contribution < -0.4 is 14.8 Å². The summed E-state index contributed by atoms with van der Waals surface area (Å²) in [7, 11) is 3.05. The van der Waals surface area contributed by atoms with Crippen LogP contribution >= 0.6 is 11.8 Å².